The van der Waals surface area contributed by atoms with Crippen LogP contribution in [-0.2, 0) is 6.54 Å². The average molecular weight is 239 g/mol. The van der Waals surface area contributed by atoms with Crippen molar-refractivity contribution in [3.63, 3.8) is 0 Å². The number of rotatable bonds is 3. The molecule has 0 bridgehead atoms. The van der Waals surface area contributed by atoms with Crippen molar-refractivity contribution < 1.29 is 0 Å². The first-order chi connectivity index (χ1) is 8.86. The highest BCUT2D eigenvalue weighted by Crippen LogP contribution is 2.25. The highest BCUT2D eigenvalue weighted by Gasteiger charge is 2.26. The van der Waals surface area contributed by atoms with E-state index in [0.29, 0.717) is 6.04 Å². The van der Waals surface area contributed by atoms with Gasteiger partial charge in [0.2, 0.25) is 0 Å². The number of aromatic nitrogens is 1. The number of H-pyrrole nitrogens is 1. The summed E-state index contributed by atoms with van der Waals surface area (Å²) in [6.07, 6.45) is 5.31. The Hall–Kier alpha value is -1.79. The van der Waals surface area contributed by atoms with Crippen molar-refractivity contribution in [2.75, 3.05) is 0 Å². The van der Waals surface area contributed by atoms with Crippen LogP contribution in [-0.4, -0.2) is 11.0 Å². The lowest BCUT2D eigenvalue weighted by Gasteiger charge is -2.15. The van der Waals surface area contributed by atoms with Crippen molar-refractivity contribution in [1.82, 2.24) is 10.3 Å². The molecule has 0 saturated heterocycles. The molecule has 0 amide bonds. The Labute approximate surface area is 107 Å². The Bertz CT molecular complexity index is 579. The van der Waals surface area contributed by atoms with E-state index >= 15 is 0 Å². The molecule has 2 atom stereocenters. The lowest BCUT2D eigenvalue weighted by atomic mass is 10.1. The molecule has 2 unspecified atom stereocenters. The molecule has 18 heavy (non-hydrogen) atoms. The van der Waals surface area contributed by atoms with Crippen LogP contribution in [0.15, 0.2) is 30.5 Å². The van der Waals surface area contributed by atoms with Crippen LogP contribution in [0.5, 0.6) is 0 Å². The van der Waals surface area contributed by atoms with E-state index in [2.05, 4.69) is 40.6 Å². The molecule has 1 aliphatic carbocycles. The Balaban J connectivity index is 1.67. The van der Waals surface area contributed by atoms with Crippen molar-refractivity contribution in [3.05, 3.63) is 36.0 Å². The van der Waals surface area contributed by atoms with Gasteiger partial charge in [0.1, 0.15) is 0 Å². The minimum absolute atomic E-state index is 0.194. The summed E-state index contributed by atoms with van der Waals surface area (Å²) in [5, 5.41) is 13.8. The number of benzene rings is 1. The van der Waals surface area contributed by atoms with Crippen molar-refractivity contribution >= 4 is 10.9 Å². The fourth-order valence-electron chi connectivity index (χ4n) is 2.81. The fraction of sp³-hybridized carbons (Fsp3) is 0.400. The summed E-state index contributed by atoms with van der Waals surface area (Å²) in [5.74, 6) is 0.194. The van der Waals surface area contributed by atoms with Gasteiger partial charge in [-0.1, -0.05) is 18.6 Å². The zero-order chi connectivity index (χ0) is 12.4. The number of hydrogen-bond acceptors (Lipinski definition) is 2. The minimum atomic E-state index is 0.194. The normalized spacial score (nSPS) is 23.3. The molecular formula is C15H17N3. The molecule has 1 aromatic carbocycles. The maximum absolute atomic E-state index is 9.05. The molecule has 1 fully saturated rings. The maximum atomic E-state index is 9.05. The first-order valence-electron chi connectivity index (χ1n) is 6.56. The number of fused-ring (bicyclic) bond motifs is 1. The van der Waals surface area contributed by atoms with Crippen LogP contribution >= 0.6 is 0 Å². The van der Waals surface area contributed by atoms with E-state index < -0.39 is 0 Å². The van der Waals surface area contributed by atoms with Gasteiger partial charge in [-0.3, -0.25) is 0 Å². The number of nitrogens with one attached hydrogen (secondary N) is 2. The van der Waals surface area contributed by atoms with E-state index in [9.17, 15) is 0 Å². The van der Waals surface area contributed by atoms with Gasteiger partial charge < -0.3 is 10.3 Å². The molecule has 1 aliphatic rings. The lowest BCUT2D eigenvalue weighted by molar-refractivity contribution is 0.464. The fourth-order valence-corrected chi connectivity index (χ4v) is 2.81. The van der Waals surface area contributed by atoms with Crippen molar-refractivity contribution in [1.29, 1.82) is 5.26 Å². The van der Waals surface area contributed by atoms with Crippen molar-refractivity contribution in [3.8, 4) is 6.07 Å². The van der Waals surface area contributed by atoms with E-state index in [1.165, 1.54) is 22.9 Å². The molecule has 1 saturated carbocycles. The molecule has 92 valence electrons. The second-order valence-corrected chi connectivity index (χ2v) is 5.05. The van der Waals surface area contributed by atoms with Crippen LogP contribution in [0.1, 0.15) is 24.8 Å². The van der Waals surface area contributed by atoms with E-state index in [1.54, 1.807) is 0 Å². The van der Waals surface area contributed by atoms with Gasteiger partial charge in [-0.15, -0.1) is 0 Å². The highest BCUT2D eigenvalue weighted by molar-refractivity contribution is 5.79. The average Bonchev–Trinajstić information content (AvgIpc) is 3.04. The van der Waals surface area contributed by atoms with E-state index in [4.69, 9.17) is 5.26 Å². The Morgan fingerprint density at radius 2 is 2.28 bits per heavy atom. The summed E-state index contributed by atoms with van der Waals surface area (Å²) >= 11 is 0. The smallest absolute Gasteiger partial charge is 0.0672 e. The Morgan fingerprint density at radius 3 is 3.17 bits per heavy atom. The van der Waals surface area contributed by atoms with E-state index in [-0.39, 0.29) is 5.92 Å². The van der Waals surface area contributed by atoms with Crippen LogP contribution in [0.4, 0.5) is 0 Å². The lowest BCUT2D eigenvalue weighted by Crippen LogP contribution is -2.31. The summed E-state index contributed by atoms with van der Waals surface area (Å²) in [6.45, 7) is 0.845. The third kappa shape index (κ3) is 2.12. The number of aromatic amines is 1. The third-order valence-corrected chi connectivity index (χ3v) is 3.87. The molecule has 2 N–H and O–H groups in total. The van der Waals surface area contributed by atoms with E-state index in [1.807, 2.05) is 6.20 Å². The van der Waals surface area contributed by atoms with Crippen molar-refractivity contribution in [2.45, 2.75) is 31.8 Å². The zero-order valence-electron chi connectivity index (χ0n) is 10.3. The quantitative estimate of drug-likeness (QED) is 0.865. The molecule has 3 nitrogen and oxygen atoms in total. The first-order valence-corrected chi connectivity index (χ1v) is 6.56. The van der Waals surface area contributed by atoms with E-state index in [0.717, 1.165) is 19.4 Å². The van der Waals surface area contributed by atoms with Crippen LogP contribution in [0.3, 0.4) is 0 Å². The zero-order valence-corrected chi connectivity index (χ0v) is 10.3. The summed E-state index contributed by atoms with van der Waals surface area (Å²) in [5.41, 5.74) is 2.45. The number of nitrogens with zero attached hydrogens (tertiary/aromatic N) is 1. The van der Waals surface area contributed by atoms with Crippen molar-refractivity contribution in [2.24, 2.45) is 5.92 Å². The summed E-state index contributed by atoms with van der Waals surface area (Å²) in [4.78, 5) is 3.23. The summed E-state index contributed by atoms with van der Waals surface area (Å²) in [6, 6.07) is 11.3. The molecule has 1 aromatic heterocycles. The molecule has 2 aromatic rings. The second-order valence-electron chi connectivity index (χ2n) is 5.05. The maximum Gasteiger partial charge on any atom is 0.0672 e. The standard InChI is InChI=1S/C15H17N3/c16-9-13-2-1-3-14(13)18-10-11-4-5-12-6-7-17-15(12)8-11/h4-8,13-14,17-18H,1-3,10H2. The summed E-state index contributed by atoms with van der Waals surface area (Å²) < 4.78 is 0. The van der Waals surface area contributed by atoms with Gasteiger partial charge in [-0.05, 0) is 35.9 Å². The van der Waals surface area contributed by atoms with Crippen LogP contribution < -0.4 is 5.32 Å². The Kier molecular flexibility index (Phi) is 3.04. The van der Waals surface area contributed by atoms with Crippen LogP contribution in [0, 0.1) is 17.2 Å². The van der Waals surface area contributed by atoms with Gasteiger partial charge in [-0.25, -0.2) is 0 Å². The van der Waals surface area contributed by atoms with Gasteiger partial charge in [0.15, 0.2) is 0 Å². The van der Waals surface area contributed by atoms with Gasteiger partial charge in [0.25, 0.3) is 0 Å². The van der Waals surface area contributed by atoms with Gasteiger partial charge in [-0.2, -0.15) is 5.26 Å². The van der Waals surface area contributed by atoms with Crippen LogP contribution in [0.2, 0.25) is 0 Å². The predicted molar refractivity (Wildman–Crippen MR) is 71.9 cm³/mol. The summed E-state index contributed by atoms with van der Waals surface area (Å²) in [7, 11) is 0. The largest absolute Gasteiger partial charge is 0.361 e. The molecule has 0 spiro atoms. The van der Waals surface area contributed by atoms with Gasteiger partial charge >= 0.3 is 0 Å². The van der Waals surface area contributed by atoms with Crippen LogP contribution in [0.25, 0.3) is 10.9 Å². The topological polar surface area (TPSA) is 51.6 Å². The minimum Gasteiger partial charge on any atom is -0.361 e. The highest BCUT2D eigenvalue weighted by atomic mass is 14.9. The monoisotopic (exact) mass is 239 g/mol. The second kappa shape index (κ2) is 4.83. The first kappa shape index (κ1) is 11.3. The third-order valence-electron chi connectivity index (χ3n) is 3.87. The number of nitriles is 1. The molecule has 0 radical (unpaired) electrons. The molecule has 3 rings (SSSR count). The predicted octanol–water partition coefficient (Wildman–Crippen LogP) is 2.95. The Morgan fingerprint density at radius 1 is 1.33 bits per heavy atom. The molecule has 1 heterocycles. The molecule has 3 heteroatoms. The molecular weight excluding hydrogens is 222 g/mol. The van der Waals surface area contributed by atoms with Gasteiger partial charge in [0.05, 0.1) is 12.0 Å². The number of hydrogen-bond donors (Lipinski definition) is 2. The SMILES string of the molecule is N#CC1CCCC1NCc1ccc2cc[nH]c2c1. The molecule has 0 aliphatic heterocycles. The van der Waals surface area contributed by atoms with Gasteiger partial charge in [0, 0.05) is 24.3 Å².